The third kappa shape index (κ3) is 10.0. The van der Waals surface area contributed by atoms with Crippen LogP contribution in [0.3, 0.4) is 0 Å². The van der Waals surface area contributed by atoms with Crippen molar-refractivity contribution >= 4 is 23.6 Å². The largest absolute Gasteiger partial charge is 0.497 e. The normalized spacial score (nSPS) is 12.7. The molecule has 0 N–H and O–H groups in total. The van der Waals surface area contributed by atoms with Crippen LogP contribution in [0.5, 0.6) is 23.0 Å². The lowest BCUT2D eigenvalue weighted by Crippen LogP contribution is -2.57. The number of nitrogens with zero attached hydrogens (tertiary/aromatic N) is 4. The summed E-state index contributed by atoms with van der Waals surface area (Å²) in [7, 11) is 6.31. The number of carbonyl (C=O) groups excluding carboxylic acids is 4. The summed E-state index contributed by atoms with van der Waals surface area (Å²) in [6.07, 6.45) is 0. The molecule has 12 heteroatoms. The maximum absolute atomic E-state index is 13.8. The Morgan fingerprint density at radius 3 is 1.02 bits per heavy atom. The van der Waals surface area contributed by atoms with Gasteiger partial charge in [0.2, 0.25) is 23.6 Å². The zero-order valence-electron chi connectivity index (χ0n) is 29.9. The van der Waals surface area contributed by atoms with Crippen molar-refractivity contribution in [2.24, 2.45) is 0 Å². The van der Waals surface area contributed by atoms with E-state index in [1.165, 1.54) is 9.80 Å². The fourth-order valence-corrected chi connectivity index (χ4v) is 5.95. The smallest absolute Gasteiger partial charge is 0.243 e. The van der Waals surface area contributed by atoms with Crippen LogP contribution < -0.4 is 18.9 Å². The van der Waals surface area contributed by atoms with Gasteiger partial charge in [0.15, 0.2) is 0 Å². The SMILES string of the molecule is COc1cccc(CN(Cc2cccc(OC)c2)C(=O)CN2CC(=O)N(CC(=O)N(Cc3cccc(OC)c3)Cc3cccc(OC)c3)CC2=O)c1. The van der Waals surface area contributed by atoms with Crippen LogP contribution >= 0.6 is 0 Å². The quantitative estimate of drug-likeness (QED) is 0.171. The van der Waals surface area contributed by atoms with Crippen molar-refractivity contribution in [3.8, 4) is 23.0 Å². The number of hydrogen-bond acceptors (Lipinski definition) is 8. The maximum Gasteiger partial charge on any atom is 0.243 e. The highest BCUT2D eigenvalue weighted by Crippen LogP contribution is 2.21. The second-order valence-electron chi connectivity index (χ2n) is 12.4. The molecule has 5 rings (SSSR count). The molecule has 0 saturated carbocycles. The second-order valence-corrected chi connectivity index (χ2v) is 12.4. The number of amides is 4. The zero-order chi connectivity index (χ0) is 37.0. The number of ether oxygens (including phenoxy) is 4. The van der Waals surface area contributed by atoms with Gasteiger partial charge in [0, 0.05) is 26.2 Å². The summed E-state index contributed by atoms with van der Waals surface area (Å²) >= 11 is 0. The zero-order valence-corrected chi connectivity index (χ0v) is 29.9. The van der Waals surface area contributed by atoms with Gasteiger partial charge in [0.1, 0.15) is 49.2 Å². The van der Waals surface area contributed by atoms with Crippen LogP contribution in [0.15, 0.2) is 97.1 Å². The molecular formula is C40H44N4O8. The van der Waals surface area contributed by atoms with E-state index in [9.17, 15) is 19.2 Å². The van der Waals surface area contributed by atoms with Crippen LogP contribution in [0, 0.1) is 0 Å². The van der Waals surface area contributed by atoms with Crippen LogP contribution in [0.4, 0.5) is 0 Å². The summed E-state index contributed by atoms with van der Waals surface area (Å²) in [4.78, 5) is 60.3. The third-order valence-corrected chi connectivity index (χ3v) is 8.75. The Balaban J connectivity index is 1.28. The molecule has 52 heavy (non-hydrogen) atoms. The first kappa shape index (κ1) is 37.2. The Morgan fingerprint density at radius 2 is 0.769 bits per heavy atom. The molecule has 0 bridgehead atoms. The summed E-state index contributed by atoms with van der Waals surface area (Å²) < 4.78 is 21.5. The van der Waals surface area contributed by atoms with E-state index >= 15 is 0 Å². The van der Waals surface area contributed by atoms with Crippen molar-refractivity contribution < 1.29 is 38.1 Å². The molecule has 0 spiro atoms. The third-order valence-electron chi connectivity index (χ3n) is 8.75. The molecule has 0 unspecified atom stereocenters. The molecule has 1 heterocycles. The Hall–Kier alpha value is -6.04. The highest BCUT2D eigenvalue weighted by molar-refractivity contribution is 5.97. The number of rotatable bonds is 16. The average molecular weight is 709 g/mol. The lowest BCUT2D eigenvalue weighted by molar-refractivity contribution is -0.155. The van der Waals surface area contributed by atoms with Crippen LogP contribution in [-0.4, -0.2) is 97.8 Å². The van der Waals surface area contributed by atoms with Crippen LogP contribution in [0.25, 0.3) is 0 Å². The standard InChI is InChI=1S/C40H44N4O8/c1-49-33-13-5-9-29(17-33)21-41(22-30-10-6-14-34(18-30)50-2)37(45)25-43-27-40(48)44(28-39(43)47)26-38(46)42(23-31-11-7-15-35(19-31)51-3)24-32-12-8-16-36(20-32)52-4/h5-20H,21-28H2,1-4H3. The number of piperazine rings is 1. The Labute approximate surface area is 304 Å². The van der Waals surface area contributed by atoms with Crippen molar-refractivity contribution in [2.45, 2.75) is 26.2 Å². The number of benzene rings is 4. The van der Waals surface area contributed by atoms with Gasteiger partial charge in [-0.2, -0.15) is 0 Å². The van der Waals surface area contributed by atoms with E-state index in [4.69, 9.17) is 18.9 Å². The average Bonchev–Trinajstić information content (AvgIpc) is 3.16. The van der Waals surface area contributed by atoms with E-state index in [0.717, 1.165) is 22.3 Å². The van der Waals surface area contributed by atoms with E-state index in [0.29, 0.717) is 23.0 Å². The predicted octanol–water partition coefficient (Wildman–Crippen LogP) is 4.15. The minimum Gasteiger partial charge on any atom is -0.497 e. The Kier molecular flexibility index (Phi) is 12.7. The van der Waals surface area contributed by atoms with E-state index < -0.39 is 11.8 Å². The number of carbonyl (C=O) groups is 4. The molecular weight excluding hydrogens is 664 g/mol. The molecule has 0 radical (unpaired) electrons. The predicted molar refractivity (Wildman–Crippen MR) is 194 cm³/mol. The van der Waals surface area contributed by atoms with Crippen LogP contribution in [0.1, 0.15) is 22.3 Å². The summed E-state index contributed by atoms with van der Waals surface area (Å²) in [5.41, 5.74) is 3.37. The molecule has 1 saturated heterocycles. The lowest BCUT2D eigenvalue weighted by Gasteiger charge is -2.35. The van der Waals surface area contributed by atoms with Crippen LogP contribution in [0.2, 0.25) is 0 Å². The molecule has 12 nitrogen and oxygen atoms in total. The minimum absolute atomic E-state index is 0.250. The van der Waals surface area contributed by atoms with Crippen molar-refractivity contribution in [3.63, 3.8) is 0 Å². The first-order chi connectivity index (χ1) is 25.2. The molecule has 1 aliphatic heterocycles. The minimum atomic E-state index is -0.421. The molecule has 4 aromatic carbocycles. The summed E-state index contributed by atoms with van der Waals surface area (Å²) in [6, 6.07) is 29.6. The van der Waals surface area contributed by atoms with Crippen molar-refractivity contribution in [2.75, 3.05) is 54.6 Å². The summed E-state index contributed by atoms with van der Waals surface area (Å²) in [6.45, 7) is -0.233. The van der Waals surface area contributed by atoms with E-state index in [2.05, 4.69) is 0 Å². The molecule has 4 aromatic rings. The van der Waals surface area contributed by atoms with Gasteiger partial charge in [-0.25, -0.2) is 0 Å². The fourth-order valence-electron chi connectivity index (χ4n) is 5.95. The topological polar surface area (TPSA) is 118 Å². The van der Waals surface area contributed by atoms with Gasteiger partial charge in [0.05, 0.1) is 28.4 Å². The van der Waals surface area contributed by atoms with Gasteiger partial charge in [-0.05, 0) is 70.8 Å². The highest BCUT2D eigenvalue weighted by Gasteiger charge is 2.34. The van der Waals surface area contributed by atoms with Crippen molar-refractivity contribution in [1.82, 2.24) is 19.6 Å². The van der Waals surface area contributed by atoms with Gasteiger partial charge in [-0.1, -0.05) is 48.5 Å². The first-order valence-electron chi connectivity index (χ1n) is 16.8. The fraction of sp³-hybridized carbons (Fsp3) is 0.300. The van der Waals surface area contributed by atoms with Crippen LogP contribution in [-0.2, 0) is 45.4 Å². The summed E-state index contributed by atoms with van der Waals surface area (Å²) in [5, 5.41) is 0. The molecule has 0 atom stereocenters. The first-order valence-corrected chi connectivity index (χ1v) is 16.8. The van der Waals surface area contributed by atoms with E-state index in [-0.39, 0.29) is 64.2 Å². The Morgan fingerprint density at radius 1 is 0.500 bits per heavy atom. The molecule has 1 fully saturated rings. The van der Waals surface area contributed by atoms with Crippen molar-refractivity contribution in [3.05, 3.63) is 119 Å². The van der Waals surface area contributed by atoms with E-state index in [1.807, 2.05) is 97.1 Å². The van der Waals surface area contributed by atoms with Gasteiger partial charge in [0.25, 0.3) is 0 Å². The van der Waals surface area contributed by atoms with Gasteiger partial charge < -0.3 is 38.5 Å². The lowest BCUT2D eigenvalue weighted by atomic mass is 10.1. The molecule has 1 aliphatic rings. The molecule has 0 aliphatic carbocycles. The second kappa shape index (κ2) is 17.8. The molecule has 272 valence electrons. The van der Waals surface area contributed by atoms with E-state index in [1.54, 1.807) is 38.2 Å². The maximum atomic E-state index is 13.8. The number of hydrogen-bond donors (Lipinski definition) is 0. The number of methoxy groups -OCH3 is 4. The molecule has 0 aromatic heterocycles. The Bertz CT molecular complexity index is 1650. The monoisotopic (exact) mass is 708 g/mol. The van der Waals surface area contributed by atoms with Gasteiger partial charge in [-0.15, -0.1) is 0 Å². The highest BCUT2D eigenvalue weighted by atomic mass is 16.5. The summed E-state index contributed by atoms with van der Waals surface area (Å²) in [5.74, 6) is 1.11. The van der Waals surface area contributed by atoms with Gasteiger partial charge >= 0.3 is 0 Å². The van der Waals surface area contributed by atoms with Gasteiger partial charge in [-0.3, -0.25) is 19.2 Å². The van der Waals surface area contributed by atoms with Crippen molar-refractivity contribution in [1.29, 1.82) is 0 Å². The molecule has 4 amide bonds.